The molecule has 138 valence electrons. The minimum Gasteiger partial charge on any atom is -0.495 e. The van der Waals surface area contributed by atoms with Gasteiger partial charge in [0.15, 0.2) is 0 Å². The number of nitrogens with one attached hydrogen (secondary N) is 1. The molecule has 3 N–H and O–H groups in total. The van der Waals surface area contributed by atoms with Gasteiger partial charge >= 0.3 is 6.03 Å². The summed E-state index contributed by atoms with van der Waals surface area (Å²) in [6.07, 6.45) is 0. The van der Waals surface area contributed by atoms with E-state index in [-0.39, 0.29) is 23.5 Å². The summed E-state index contributed by atoms with van der Waals surface area (Å²) in [4.78, 5) is 28.0. The predicted octanol–water partition coefficient (Wildman–Crippen LogP) is 0.959. The smallest absolute Gasteiger partial charge is 0.322 e. The number of nitrogens with two attached hydrogens (primary N) is 1. The van der Waals surface area contributed by atoms with Gasteiger partial charge in [0.25, 0.3) is 5.91 Å². The number of amides is 3. The van der Waals surface area contributed by atoms with Crippen molar-refractivity contribution in [2.45, 2.75) is 6.92 Å². The Hall–Kier alpha value is -3.30. The summed E-state index contributed by atoms with van der Waals surface area (Å²) >= 11 is 0. The number of rotatable bonds is 3. The minimum absolute atomic E-state index is 0.00704. The zero-order valence-corrected chi connectivity index (χ0v) is 14.6. The van der Waals surface area contributed by atoms with Gasteiger partial charge in [-0.05, 0) is 34.9 Å². The number of piperazine rings is 1. The van der Waals surface area contributed by atoms with E-state index in [9.17, 15) is 9.59 Å². The molecule has 0 aliphatic carbocycles. The fraction of sp³-hybridized carbons (Fsp3) is 0.375. The third-order valence-corrected chi connectivity index (χ3v) is 4.17. The maximum Gasteiger partial charge on any atom is 0.322 e. The maximum absolute atomic E-state index is 12.5. The lowest BCUT2D eigenvalue weighted by molar-refractivity contribution is 0.0661. The molecule has 1 aliphatic rings. The van der Waals surface area contributed by atoms with Crippen molar-refractivity contribution in [3.8, 4) is 5.75 Å². The molecule has 0 atom stereocenters. The van der Waals surface area contributed by atoms with Crippen molar-refractivity contribution < 1.29 is 19.0 Å². The summed E-state index contributed by atoms with van der Waals surface area (Å²) in [5.41, 5.74) is 7.16. The third kappa shape index (κ3) is 3.53. The van der Waals surface area contributed by atoms with Crippen LogP contribution in [0.15, 0.2) is 22.8 Å². The highest BCUT2D eigenvalue weighted by atomic mass is 16.6. The molecule has 0 radical (unpaired) electrons. The van der Waals surface area contributed by atoms with Crippen LogP contribution in [-0.2, 0) is 0 Å². The van der Waals surface area contributed by atoms with E-state index < -0.39 is 0 Å². The third-order valence-electron chi connectivity index (χ3n) is 4.17. The number of aromatic nitrogens is 2. The first-order valence-electron chi connectivity index (χ1n) is 8.07. The second kappa shape index (κ2) is 7.30. The van der Waals surface area contributed by atoms with Crippen molar-refractivity contribution >= 4 is 23.4 Å². The Balaban J connectivity index is 1.60. The van der Waals surface area contributed by atoms with E-state index in [1.165, 1.54) is 0 Å². The number of carbonyl (C=O) groups excluding carboxylic acids is 2. The number of anilines is 2. The van der Waals surface area contributed by atoms with Gasteiger partial charge in [-0.1, -0.05) is 6.07 Å². The van der Waals surface area contributed by atoms with Crippen LogP contribution in [0.25, 0.3) is 0 Å². The molecule has 1 aromatic heterocycles. The molecule has 3 amide bonds. The Labute approximate surface area is 149 Å². The molecule has 0 spiro atoms. The molecule has 1 fully saturated rings. The summed E-state index contributed by atoms with van der Waals surface area (Å²) in [5, 5.41) is 9.78. The topological polar surface area (TPSA) is 127 Å². The van der Waals surface area contributed by atoms with E-state index in [4.69, 9.17) is 10.5 Å². The van der Waals surface area contributed by atoms with E-state index in [2.05, 4.69) is 20.3 Å². The highest BCUT2D eigenvalue weighted by Gasteiger charge is 2.28. The summed E-state index contributed by atoms with van der Waals surface area (Å²) in [6, 6.07) is 5.31. The first-order valence-corrected chi connectivity index (χ1v) is 8.07. The molecule has 10 heteroatoms. The average Bonchev–Trinajstić information content (AvgIpc) is 3.07. The van der Waals surface area contributed by atoms with Crippen LogP contribution in [0, 0.1) is 6.92 Å². The Bertz CT molecular complexity index is 813. The van der Waals surface area contributed by atoms with Gasteiger partial charge in [-0.2, -0.15) is 0 Å². The molecular formula is C16H20N6O4. The summed E-state index contributed by atoms with van der Waals surface area (Å²) < 4.78 is 9.73. The van der Waals surface area contributed by atoms with Crippen molar-refractivity contribution in [3.05, 3.63) is 29.5 Å². The number of nitrogens with zero attached hydrogens (tertiary/aromatic N) is 4. The van der Waals surface area contributed by atoms with Crippen LogP contribution in [0.1, 0.15) is 16.1 Å². The molecule has 0 unspecified atom stereocenters. The van der Waals surface area contributed by atoms with Crippen molar-refractivity contribution in [1.82, 2.24) is 20.1 Å². The van der Waals surface area contributed by atoms with Gasteiger partial charge in [0.05, 0.1) is 12.8 Å². The second-order valence-electron chi connectivity index (χ2n) is 5.91. The van der Waals surface area contributed by atoms with Crippen LogP contribution in [0.4, 0.5) is 16.3 Å². The number of urea groups is 1. The molecule has 0 bridgehead atoms. The lowest BCUT2D eigenvalue weighted by atomic mass is 10.2. The molecule has 10 nitrogen and oxygen atoms in total. The van der Waals surface area contributed by atoms with Gasteiger partial charge < -0.3 is 25.6 Å². The van der Waals surface area contributed by atoms with Gasteiger partial charge in [0.1, 0.15) is 5.75 Å². The number of aryl methyl sites for hydroxylation is 1. The Morgan fingerprint density at radius 3 is 2.50 bits per heavy atom. The van der Waals surface area contributed by atoms with Crippen molar-refractivity contribution in [2.24, 2.45) is 0 Å². The molecule has 0 saturated carbocycles. The molecule has 2 heterocycles. The van der Waals surface area contributed by atoms with Crippen LogP contribution < -0.4 is 15.8 Å². The van der Waals surface area contributed by atoms with Crippen LogP contribution >= 0.6 is 0 Å². The molecule has 1 aromatic carbocycles. The van der Waals surface area contributed by atoms with E-state index in [1.807, 2.05) is 19.1 Å². The quantitative estimate of drug-likeness (QED) is 0.834. The molecular weight excluding hydrogens is 340 g/mol. The monoisotopic (exact) mass is 360 g/mol. The van der Waals surface area contributed by atoms with Gasteiger partial charge in [0.2, 0.25) is 11.5 Å². The highest BCUT2D eigenvalue weighted by molar-refractivity contribution is 5.96. The van der Waals surface area contributed by atoms with Gasteiger partial charge in [-0.15, -0.1) is 0 Å². The average molecular weight is 360 g/mol. The summed E-state index contributed by atoms with van der Waals surface area (Å²) in [6.45, 7) is 3.44. The zero-order chi connectivity index (χ0) is 18.7. The molecule has 26 heavy (non-hydrogen) atoms. The van der Waals surface area contributed by atoms with Crippen LogP contribution in [0.5, 0.6) is 5.75 Å². The maximum atomic E-state index is 12.5. The van der Waals surface area contributed by atoms with E-state index >= 15 is 0 Å². The van der Waals surface area contributed by atoms with Crippen LogP contribution in [0.2, 0.25) is 0 Å². The largest absolute Gasteiger partial charge is 0.495 e. The summed E-state index contributed by atoms with van der Waals surface area (Å²) in [5.74, 6) is 0.192. The van der Waals surface area contributed by atoms with E-state index in [0.29, 0.717) is 37.6 Å². The van der Waals surface area contributed by atoms with E-state index in [0.717, 1.165) is 5.56 Å². The molecule has 2 aromatic rings. The first-order chi connectivity index (χ1) is 12.5. The van der Waals surface area contributed by atoms with Crippen LogP contribution in [-0.4, -0.2) is 65.3 Å². The predicted molar refractivity (Wildman–Crippen MR) is 92.9 cm³/mol. The standard InChI is InChI=1S/C16H20N6O4/c1-10-3-4-12(25-2)11(9-10)18-16(24)22-7-5-21(6-8-22)15(23)13-14(17)20-26-19-13/h3-4,9H,5-8H2,1-2H3,(H2,17,20)(H,18,24). The normalized spacial score (nSPS) is 14.2. The number of ether oxygens (including phenoxy) is 1. The number of hydrogen-bond donors (Lipinski definition) is 2. The minimum atomic E-state index is -0.357. The van der Waals surface area contributed by atoms with Gasteiger partial charge in [-0.25, -0.2) is 9.42 Å². The van der Waals surface area contributed by atoms with Crippen molar-refractivity contribution in [1.29, 1.82) is 0 Å². The second-order valence-corrected chi connectivity index (χ2v) is 5.91. The number of methoxy groups -OCH3 is 1. The Morgan fingerprint density at radius 1 is 1.19 bits per heavy atom. The number of hydrogen-bond acceptors (Lipinski definition) is 7. The van der Waals surface area contributed by atoms with Crippen LogP contribution in [0.3, 0.4) is 0 Å². The van der Waals surface area contributed by atoms with Gasteiger partial charge in [0, 0.05) is 26.2 Å². The Kier molecular flexibility index (Phi) is 4.92. The SMILES string of the molecule is COc1ccc(C)cc1NC(=O)N1CCN(C(=O)c2nonc2N)CC1. The lowest BCUT2D eigenvalue weighted by Crippen LogP contribution is -2.51. The zero-order valence-electron chi connectivity index (χ0n) is 14.6. The number of benzene rings is 1. The number of carbonyl (C=O) groups is 2. The van der Waals surface area contributed by atoms with Crippen molar-refractivity contribution in [3.63, 3.8) is 0 Å². The van der Waals surface area contributed by atoms with E-state index in [1.54, 1.807) is 23.0 Å². The summed E-state index contributed by atoms with van der Waals surface area (Å²) in [7, 11) is 1.55. The molecule has 1 aliphatic heterocycles. The Morgan fingerprint density at radius 2 is 1.88 bits per heavy atom. The fourth-order valence-corrected chi connectivity index (χ4v) is 2.72. The highest BCUT2D eigenvalue weighted by Crippen LogP contribution is 2.25. The lowest BCUT2D eigenvalue weighted by Gasteiger charge is -2.34. The first kappa shape index (κ1) is 17.5. The van der Waals surface area contributed by atoms with Crippen molar-refractivity contribution in [2.75, 3.05) is 44.3 Å². The molecule has 1 saturated heterocycles. The number of nitrogen functional groups attached to an aromatic ring is 1. The fourth-order valence-electron chi connectivity index (χ4n) is 2.72. The van der Waals surface area contributed by atoms with Gasteiger partial charge in [-0.3, -0.25) is 4.79 Å². The molecule has 3 rings (SSSR count).